The first-order valence-corrected chi connectivity index (χ1v) is 7.28. The van der Waals surface area contributed by atoms with Gasteiger partial charge in [-0.25, -0.2) is 4.79 Å². The van der Waals surface area contributed by atoms with Crippen molar-refractivity contribution in [1.82, 2.24) is 10.3 Å². The highest BCUT2D eigenvalue weighted by atomic mass is 16.4. The van der Waals surface area contributed by atoms with Gasteiger partial charge in [0.05, 0.1) is 11.1 Å². The van der Waals surface area contributed by atoms with Crippen LogP contribution in [-0.4, -0.2) is 28.0 Å². The Bertz CT molecular complexity index is 710. The van der Waals surface area contributed by atoms with Gasteiger partial charge in [-0.2, -0.15) is 0 Å². The van der Waals surface area contributed by atoms with Gasteiger partial charge in [0.15, 0.2) is 0 Å². The number of nitrogens with zero attached hydrogens (tertiary/aromatic N) is 1. The lowest BCUT2D eigenvalue weighted by molar-refractivity contribution is -0.139. The molecule has 1 heterocycles. The van der Waals surface area contributed by atoms with Gasteiger partial charge in [-0.05, 0) is 31.4 Å². The van der Waals surface area contributed by atoms with E-state index in [1.165, 1.54) is 0 Å². The van der Waals surface area contributed by atoms with Crippen LogP contribution in [0.2, 0.25) is 0 Å². The number of rotatable bonds is 5. The molecule has 1 atom stereocenters. The molecule has 2 N–H and O–H groups in total. The molecule has 0 bridgehead atoms. The molecule has 5 nitrogen and oxygen atoms in total. The topological polar surface area (TPSA) is 79.3 Å². The zero-order valence-corrected chi connectivity index (χ0v) is 13.0. The van der Waals surface area contributed by atoms with E-state index in [-0.39, 0.29) is 11.8 Å². The highest BCUT2D eigenvalue weighted by Crippen LogP contribution is 2.18. The van der Waals surface area contributed by atoms with Gasteiger partial charge in [-0.1, -0.05) is 32.0 Å². The number of benzene rings is 1. The van der Waals surface area contributed by atoms with E-state index in [9.17, 15) is 14.7 Å². The summed E-state index contributed by atoms with van der Waals surface area (Å²) in [5, 5.41) is 12.6. The fraction of sp³-hybridized carbons (Fsp3) is 0.353. The second kappa shape index (κ2) is 6.56. The lowest BCUT2D eigenvalue weighted by atomic mass is 10.0. The first-order valence-electron chi connectivity index (χ1n) is 7.28. The first-order chi connectivity index (χ1) is 10.4. The van der Waals surface area contributed by atoms with Crippen molar-refractivity contribution in [3.63, 3.8) is 0 Å². The lowest BCUT2D eigenvalue weighted by Crippen LogP contribution is -2.41. The summed E-state index contributed by atoms with van der Waals surface area (Å²) < 4.78 is 0. The van der Waals surface area contributed by atoms with Gasteiger partial charge in [0.25, 0.3) is 5.91 Å². The molecule has 116 valence electrons. The number of aromatic nitrogens is 1. The number of pyridine rings is 1. The van der Waals surface area contributed by atoms with Crippen LogP contribution in [0, 0.1) is 12.8 Å². The zero-order valence-electron chi connectivity index (χ0n) is 13.0. The number of para-hydroxylation sites is 1. The third-order valence-corrected chi connectivity index (χ3v) is 3.40. The Morgan fingerprint density at radius 3 is 2.59 bits per heavy atom. The third kappa shape index (κ3) is 3.61. The van der Waals surface area contributed by atoms with Crippen molar-refractivity contribution in [2.75, 3.05) is 0 Å². The largest absolute Gasteiger partial charge is 0.480 e. The molecule has 1 amide bonds. The van der Waals surface area contributed by atoms with E-state index >= 15 is 0 Å². The number of hydrogen-bond donors (Lipinski definition) is 2. The second-order valence-electron chi connectivity index (χ2n) is 5.82. The van der Waals surface area contributed by atoms with Crippen LogP contribution in [0.15, 0.2) is 30.3 Å². The summed E-state index contributed by atoms with van der Waals surface area (Å²) >= 11 is 0. The fourth-order valence-electron chi connectivity index (χ4n) is 2.42. The minimum Gasteiger partial charge on any atom is -0.480 e. The fourth-order valence-corrected chi connectivity index (χ4v) is 2.42. The average Bonchev–Trinajstić information content (AvgIpc) is 2.44. The van der Waals surface area contributed by atoms with Crippen molar-refractivity contribution >= 4 is 22.8 Å². The van der Waals surface area contributed by atoms with Gasteiger partial charge < -0.3 is 10.4 Å². The van der Waals surface area contributed by atoms with Crippen LogP contribution in [0.1, 0.15) is 36.3 Å². The summed E-state index contributed by atoms with van der Waals surface area (Å²) in [5.41, 5.74) is 1.90. The number of carboxylic acids is 1. The molecule has 0 radical (unpaired) electrons. The van der Waals surface area contributed by atoms with E-state index in [1.54, 1.807) is 6.07 Å². The molecule has 2 aromatic rings. The molecule has 2 rings (SSSR count). The second-order valence-corrected chi connectivity index (χ2v) is 5.82. The normalized spacial score (nSPS) is 12.4. The predicted molar refractivity (Wildman–Crippen MR) is 84.8 cm³/mol. The smallest absolute Gasteiger partial charge is 0.326 e. The van der Waals surface area contributed by atoms with Crippen LogP contribution in [0.5, 0.6) is 0 Å². The number of aliphatic carboxylic acids is 1. The maximum atomic E-state index is 12.5. The number of carbonyl (C=O) groups excluding carboxylic acids is 1. The lowest BCUT2D eigenvalue weighted by Gasteiger charge is -2.17. The van der Waals surface area contributed by atoms with Crippen molar-refractivity contribution in [2.45, 2.75) is 33.2 Å². The summed E-state index contributed by atoms with van der Waals surface area (Å²) in [5.74, 6) is -1.22. The molecule has 0 aliphatic rings. The number of fused-ring (bicyclic) bond motifs is 1. The van der Waals surface area contributed by atoms with Crippen LogP contribution in [0.4, 0.5) is 0 Å². The molecule has 1 aromatic heterocycles. The number of amides is 1. The number of nitrogens with one attached hydrogen (secondary N) is 1. The van der Waals surface area contributed by atoms with Gasteiger partial charge in [0.2, 0.25) is 0 Å². The van der Waals surface area contributed by atoms with E-state index in [0.717, 1.165) is 16.6 Å². The van der Waals surface area contributed by atoms with E-state index in [0.29, 0.717) is 12.0 Å². The summed E-state index contributed by atoms with van der Waals surface area (Å²) in [6.07, 6.45) is 0.392. The highest BCUT2D eigenvalue weighted by molar-refractivity contribution is 6.07. The Balaban J connectivity index is 2.35. The van der Waals surface area contributed by atoms with Crippen LogP contribution >= 0.6 is 0 Å². The van der Waals surface area contributed by atoms with Crippen molar-refractivity contribution in [3.05, 3.63) is 41.6 Å². The van der Waals surface area contributed by atoms with Crippen LogP contribution in [0.25, 0.3) is 10.9 Å². The monoisotopic (exact) mass is 300 g/mol. The maximum Gasteiger partial charge on any atom is 0.326 e. The Labute approximate surface area is 129 Å². The molecule has 0 aliphatic carbocycles. The minimum absolute atomic E-state index is 0.178. The summed E-state index contributed by atoms with van der Waals surface area (Å²) in [4.78, 5) is 28.2. The quantitative estimate of drug-likeness (QED) is 0.890. The number of aryl methyl sites for hydroxylation is 1. The molecule has 0 saturated heterocycles. The highest BCUT2D eigenvalue weighted by Gasteiger charge is 2.22. The Kier molecular flexibility index (Phi) is 4.75. The predicted octanol–water partition coefficient (Wildman–Crippen LogP) is 2.77. The zero-order chi connectivity index (χ0) is 16.3. The standard InChI is InChI=1S/C17H20N2O3/c1-10(2)8-15(17(21)22)19-16(20)13-9-11(3)18-14-7-5-4-6-12(13)14/h4-7,9-10,15H,8H2,1-3H3,(H,19,20)(H,21,22). The molecule has 1 aromatic carbocycles. The summed E-state index contributed by atoms with van der Waals surface area (Å²) in [7, 11) is 0. The van der Waals surface area contributed by atoms with Gasteiger partial charge in [-0.15, -0.1) is 0 Å². The molecule has 1 unspecified atom stereocenters. The number of carbonyl (C=O) groups is 2. The van der Waals surface area contributed by atoms with Crippen molar-refractivity contribution < 1.29 is 14.7 Å². The molecular formula is C17H20N2O3. The van der Waals surface area contributed by atoms with E-state index < -0.39 is 12.0 Å². The average molecular weight is 300 g/mol. The molecule has 0 spiro atoms. The van der Waals surface area contributed by atoms with Gasteiger partial charge in [0.1, 0.15) is 6.04 Å². The van der Waals surface area contributed by atoms with Crippen LogP contribution in [-0.2, 0) is 4.79 Å². The van der Waals surface area contributed by atoms with E-state index in [1.807, 2.05) is 45.0 Å². The van der Waals surface area contributed by atoms with Crippen molar-refractivity contribution in [2.24, 2.45) is 5.92 Å². The molecule has 0 saturated carbocycles. The molecular weight excluding hydrogens is 280 g/mol. The van der Waals surface area contributed by atoms with Crippen LogP contribution in [0.3, 0.4) is 0 Å². The van der Waals surface area contributed by atoms with Gasteiger partial charge >= 0.3 is 5.97 Å². The van der Waals surface area contributed by atoms with Crippen molar-refractivity contribution in [1.29, 1.82) is 0 Å². The first kappa shape index (κ1) is 15.9. The van der Waals surface area contributed by atoms with E-state index in [2.05, 4.69) is 10.3 Å². The maximum absolute atomic E-state index is 12.5. The van der Waals surface area contributed by atoms with Crippen molar-refractivity contribution in [3.8, 4) is 0 Å². The molecule has 0 aliphatic heterocycles. The Morgan fingerprint density at radius 2 is 1.95 bits per heavy atom. The molecule has 0 fully saturated rings. The Hall–Kier alpha value is -2.43. The van der Waals surface area contributed by atoms with E-state index in [4.69, 9.17) is 0 Å². The summed E-state index contributed by atoms with van der Waals surface area (Å²) in [6.45, 7) is 5.66. The molecule has 22 heavy (non-hydrogen) atoms. The third-order valence-electron chi connectivity index (χ3n) is 3.40. The molecule has 5 heteroatoms. The minimum atomic E-state index is -1.02. The number of carboxylic acid groups (broad SMARTS) is 1. The van der Waals surface area contributed by atoms with Gasteiger partial charge in [0, 0.05) is 11.1 Å². The summed E-state index contributed by atoms with van der Waals surface area (Å²) in [6, 6.07) is 8.14. The van der Waals surface area contributed by atoms with Gasteiger partial charge in [-0.3, -0.25) is 9.78 Å². The Morgan fingerprint density at radius 1 is 1.27 bits per heavy atom. The van der Waals surface area contributed by atoms with Crippen LogP contribution < -0.4 is 5.32 Å². The number of hydrogen-bond acceptors (Lipinski definition) is 3. The SMILES string of the molecule is Cc1cc(C(=O)NC(CC(C)C)C(=O)O)c2ccccc2n1.